The highest BCUT2D eigenvalue weighted by molar-refractivity contribution is 5.76. The summed E-state index contributed by atoms with van der Waals surface area (Å²) >= 11 is 0. The average Bonchev–Trinajstić information content (AvgIpc) is 2.86. The molecule has 0 aromatic carbocycles. The number of hydrogen-bond acceptors (Lipinski definition) is 4. The fraction of sp³-hybridized carbons (Fsp3) is 0.357. The first-order chi connectivity index (χ1) is 9.41. The summed E-state index contributed by atoms with van der Waals surface area (Å²) in [5.74, 6) is -1.04. The van der Waals surface area contributed by atoms with Crippen LogP contribution in [-0.4, -0.2) is 20.6 Å². The topological polar surface area (TPSA) is 85.3 Å². The summed E-state index contributed by atoms with van der Waals surface area (Å²) in [7, 11) is 0. The first-order valence-corrected chi connectivity index (χ1v) is 6.25. The van der Waals surface area contributed by atoms with Crippen LogP contribution in [0, 0.1) is 13.8 Å². The van der Waals surface area contributed by atoms with Gasteiger partial charge in [0.15, 0.2) is 0 Å². The van der Waals surface area contributed by atoms with Crippen molar-refractivity contribution in [3.63, 3.8) is 0 Å². The molecule has 0 bridgehead atoms. The Bertz CT molecular complexity index is 686. The highest BCUT2D eigenvalue weighted by Gasteiger charge is 2.22. The van der Waals surface area contributed by atoms with E-state index in [0.717, 1.165) is 0 Å². The average molecular weight is 276 g/mol. The normalized spacial score (nSPS) is 12.3. The van der Waals surface area contributed by atoms with Crippen LogP contribution in [0.2, 0.25) is 0 Å². The molecule has 0 spiro atoms. The summed E-state index contributed by atoms with van der Waals surface area (Å²) in [6, 6.07) is 3.49. The summed E-state index contributed by atoms with van der Waals surface area (Å²) in [5, 5.41) is 9.17. The van der Waals surface area contributed by atoms with Crippen LogP contribution in [0.4, 0.5) is 0 Å². The lowest BCUT2D eigenvalue weighted by Crippen LogP contribution is -2.29. The molecule has 2 rings (SSSR count). The van der Waals surface area contributed by atoms with E-state index in [0.29, 0.717) is 22.7 Å². The molecule has 0 aliphatic rings. The third kappa shape index (κ3) is 2.49. The van der Waals surface area contributed by atoms with Crippen LogP contribution in [0.25, 0.3) is 0 Å². The van der Waals surface area contributed by atoms with E-state index in [4.69, 9.17) is 9.52 Å². The van der Waals surface area contributed by atoms with Crippen molar-refractivity contribution in [1.82, 2.24) is 9.55 Å². The fourth-order valence-electron chi connectivity index (χ4n) is 2.31. The van der Waals surface area contributed by atoms with E-state index in [1.807, 2.05) is 0 Å². The number of carbonyl (C=O) groups is 1. The van der Waals surface area contributed by atoms with Gasteiger partial charge in [-0.1, -0.05) is 0 Å². The fourth-order valence-corrected chi connectivity index (χ4v) is 2.31. The summed E-state index contributed by atoms with van der Waals surface area (Å²) in [5.41, 5.74) is 1.23. The van der Waals surface area contributed by atoms with Gasteiger partial charge >= 0.3 is 11.7 Å². The molecule has 1 N–H and O–H groups in total. The van der Waals surface area contributed by atoms with Crippen molar-refractivity contribution in [2.75, 3.05) is 0 Å². The summed E-state index contributed by atoms with van der Waals surface area (Å²) in [6.45, 7) is 5.21. The molecule has 2 heterocycles. The Morgan fingerprint density at radius 2 is 2.20 bits per heavy atom. The molecule has 0 radical (unpaired) electrons. The Kier molecular flexibility index (Phi) is 3.74. The van der Waals surface area contributed by atoms with Crippen molar-refractivity contribution in [3.8, 4) is 0 Å². The molecular weight excluding hydrogens is 260 g/mol. The molecule has 0 amide bonds. The quantitative estimate of drug-likeness (QED) is 0.918. The number of furan rings is 1. The van der Waals surface area contributed by atoms with Gasteiger partial charge in [0.1, 0.15) is 5.76 Å². The zero-order valence-corrected chi connectivity index (χ0v) is 11.6. The third-order valence-corrected chi connectivity index (χ3v) is 3.38. The van der Waals surface area contributed by atoms with Crippen LogP contribution in [0.5, 0.6) is 0 Å². The SMILES string of the molecule is Cc1nc(=O)n(Cc2ccco2)c(C)c1C(C)C(=O)O. The lowest BCUT2D eigenvalue weighted by molar-refractivity contribution is -0.138. The number of carboxylic acids is 1. The molecular formula is C14H16N2O4. The van der Waals surface area contributed by atoms with E-state index >= 15 is 0 Å². The van der Waals surface area contributed by atoms with Gasteiger partial charge in [-0.25, -0.2) is 4.79 Å². The van der Waals surface area contributed by atoms with E-state index < -0.39 is 17.6 Å². The highest BCUT2D eigenvalue weighted by atomic mass is 16.4. The minimum atomic E-state index is -0.943. The summed E-state index contributed by atoms with van der Waals surface area (Å²) in [6.07, 6.45) is 1.53. The lowest BCUT2D eigenvalue weighted by Gasteiger charge is -2.17. The van der Waals surface area contributed by atoms with Crippen molar-refractivity contribution in [1.29, 1.82) is 0 Å². The van der Waals surface area contributed by atoms with Gasteiger partial charge in [0.05, 0.1) is 18.7 Å². The molecule has 0 saturated carbocycles. The van der Waals surface area contributed by atoms with Gasteiger partial charge in [-0.2, -0.15) is 4.98 Å². The maximum Gasteiger partial charge on any atom is 0.348 e. The van der Waals surface area contributed by atoms with Gasteiger partial charge in [0, 0.05) is 17.0 Å². The zero-order valence-electron chi connectivity index (χ0n) is 11.6. The molecule has 0 aliphatic carbocycles. The van der Waals surface area contributed by atoms with Gasteiger partial charge in [0.25, 0.3) is 0 Å². The molecule has 2 aromatic heterocycles. The first-order valence-electron chi connectivity index (χ1n) is 6.25. The van der Waals surface area contributed by atoms with E-state index in [2.05, 4.69) is 4.98 Å². The number of rotatable bonds is 4. The minimum Gasteiger partial charge on any atom is -0.481 e. The van der Waals surface area contributed by atoms with E-state index in [9.17, 15) is 9.59 Å². The van der Waals surface area contributed by atoms with Gasteiger partial charge < -0.3 is 9.52 Å². The second-order valence-corrected chi connectivity index (χ2v) is 4.70. The number of aliphatic carboxylic acids is 1. The molecule has 6 nitrogen and oxygen atoms in total. The predicted molar refractivity (Wildman–Crippen MR) is 71.8 cm³/mol. The summed E-state index contributed by atoms with van der Waals surface area (Å²) < 4.78 is 6.65. The summed E-state index contributed by atoms with van der Waals surface area (Å²) in [4.78, 5) is 27.1. The Labute approximate surface area is 115 Å². The van der Waals surface area contributed by atoms with Crippen LogP contribution in [0.15, 0.2) is 27.6 Å². The molecule has 6 heteroatoms. The van der Waals surface area contributed by atoms with E-state index in [-0.39, 0.29) is 6.54 Å². The minimum absolute atomic E-state index is 0.240. The molecule has 2 aromatic rings. The Morgan fingerprint density at radius 1 is 1.50 bits per heavy atom. The van der Waals surface area contributed by atoms with Gasteiger partial charge in [-0.05, 0) is 32.9 Å². The monoisotopic (exact) mass is 276 g/mol. The van der Waals surface area contributed by atoms with Gasteiger partial charge in [-0.3, -0.25) is 9.36 Å². The Morgan fingerprint density at radius 3 is 2.75 bits per heavy atom. The molecule has 0 aliphatic heterocycles. The van der Waals surface area contributed by atoms with Crippen LogP contribution in [0.3, 0.4) is 0 Å². The van der Waals surface area contributed by atoms with Gasteiger partial charge in [0.2, 0.25) is 0 Å². The van der Waals surface area contributed by atoms with Crippen LogP contribution >= 0.6 is 0 Å². The molecule has 1 unspecified atom stereocenters. The smallest absolute Gasteiger partial charge is 0.348 e. The second-order valence-electron chi connectivity index (χ2n) is 4.70. The largest absolute Gasteiger partial charge is 0.481 e. The number of carboxylic acid groups (broad SMARTS) is 1. The zero-order chi connectivity index (χ0) is 14.9. The number of nitrogens with zero attached hydrogens (tertiary/aromatic N) is 2. The van der Waals surface area contributed by atoms with Crippen molar-refractivity contribution < 1.29 is 14.3 Å². The standard InChI is InChI=1S/C14H16N2O4/c1-8(13(17)18)12-9(2)15-14(19)16(10(12)3)7-11-5-4-6-20-11/h4-6,8H,7H2,1-3H3,(H,17,18). The van der Waals surface area contributed by atoms with E-state index in [1.54, 1.807) is 32.9 Å². The van der Waals surface area contributed by atoms with Gasteiger partial charge in [-0.15, -0.1) is 0 Å². The third-order valence-electron chi connectivity index (χ3n) is 3.38. The number of hydrogen-bond donors (Lipinski definition) is 1. The number of aryl methyl sites for hydroxylation is 1. The molecule has 1 atom stereocenters. The van der Waals surface area contributed by atoms with E-state index in [1.165, 1.54) is 10.8 Å². The van der Waals surface area contributed by atoms with Crippen molar-refractivity contribution in [2.24, 2.45) is 0 Å². The maximum atomic E-state index is 12.0. The molecule has 0 saturated heterocycles. The van der Waals surface area contributed by atoms with Crippen molar-refractivity contribution in [2.45, 2.75) is 33.2 Å². The molecule has 20 heavy (non-hydrogen) atoms. The Balaban J connectivity index is 2.55. The Hall–Kier alpha value is -2.37. The van der Waals surface area contributed by atoms with Crippen molar-refractivity contribution >= 4 is 5.97 Å². The molecule has 106 valence electrons. The lowest BCUT2D eigenvalue weighted by atomic mass is 9.98. The number of aromatic nitrogens is 2. The predicted octanol–water partition coefficient (Wildman–Crippen LogP) is 1.69. The van der Waals surface area contributed by atoms with Crippen LogP contribution in [-0.2, 0) is 11.3 Å². The molecule has 0 fully saturated rings. The maximum absolute atomic E-state index is 12.0. The second kappa shape index (κ2) is 5.32. The first kappa shape index (κ1) is 14.0. The van der Waals surface area contributed by atoms with Crippen molar-refractivity contribution in [3.05, 3.63) is 51.6 Å². The van der Waals surface area contributed by atoms with Crippen LogP contribution < -0.4 is 5.69 Å². The highest BCUT2D eigenvalue weighted by Crippen LogP contribution is 2.21. The van der Waals surface area contributed by atoms with Crippen LogP contribution in [0.1, 0.15) is 35.6 Å².